The summed E-state index contributed by atoms with van der Waals surface area (Å²) >= 11 is 0. The van der Waals surface area contributed by atoms with Crippen LogP contribution in [0.3, 0.4) is 0 Å². The third-order valence-corrected chi connectivity index (χ3v) is 4.41. The molecule has 1 amide bonds. The number of benzene rings is 1. The largest absolute Gasteiger partial charge is 0.481 e. The molecule has 0 unspecified atom stereocenters. The summed E-state index contributed by atoms with van der Waals surface area (Å²) < 4.78 is 5.23. The van der Waals surface area contributed by atoms with Crippen LogP contribution in [0, 0.1) is 12.8 Å². The van der Waals surface area contributed by atoms with E-state index in [4.69, 9.17) is 4.74 Å². The van der Waals surface area contributed by atoms with Crippen molar-refractivity contribution in [2.45, 2.75) is 26.3 Å². The van der Waals surface area contributed by atoms with Gasteiger partial charge in [0.25, 0.3) is 0 Å². The predicted octanol–water partition coefficient (Wildman–Crippen LogP) is 2.33. The zero-order valence-electron chi connectivity index (χ0n) is 14.7. The lowest BCUT2D eigenvalue weighted by molar-refractivity contribution is -0.125. The molecule has 132 valence electrons. The monoisotopic (exact) mass is 340 g/mol. The van der Waals surface area contributed by atoms with Crippen LogP contribution in [0.2, 0.25) is 0 Å². The van der Waals surface area contributed by atoms with Gasteiger partial charge in [0, 0.05) is 31.4 Å². The van der Waals surface area contributed by atoms with Gasteiger partial charge in [0.1, 0.15) is 0 Å². The van der Waals surface area contributed by atoms with Crippen LogP contribution in [-0.4, -0.2) is 36.1 Å². The van der Waals surface area contributed by atoms with Gasteiger partial charge < -0.3 is 15.0 Å². The van der Waals surface area contributed by atoms with Crippen molar-refractivity contribution in [3.63, 3.8) is 0 Å². The number of anilines is 1. The van der Waals surface area contributed by atoms with Crippen molar-refractivity contribution in [3.8, 4) is 5.88 Å². The van der Waals surface area contributed by atoms with Gasteiger partial charge in [-0.25, -0.2) is 4.98 Å². The fraction of sp³-hybridized carbons (Fsp3) is 0.421. The molecule has 25 heavy (non-hydrogen) atoms. The Balaban J connectivity index is 1.62. The van der Waals surface area contributed by atoms with Gasteiger partial charge in [-0.05, 0) is 25.3 Å². The van der Waals surface area contributed by atoms with Gasteiger partial charge in [0.15, 0.2) is 0 Å². The summed E-state index contributed by atoms with van der Waals surface area (Å²) in [5.74, 6) is 1.23. The Morgan fingerprint density at radius 3 is 2.88 bits per heavy atom. The molecule has 0 saturated carbocycles. The van der Waals surface area contributed by atoms with Gasteiger partial charge >= 0.3 is 0 Å². The second-order valence-corrected chi connectivity index (χ2v) is 6.34. The molecule has 1 fully saturated rings. The van der Waals surface area contributed by atoms with Crippen LogP contribution in [-0.2, 0) is 11.3 Å². The van der Waals surface area contributed by atoms with Gasteiger partial charge in [0.05, 0.1) is 13.0 Å². The van der Waals surface area contributed by atoms with Crippen molar-refractivity contribution in [1.29, 1.82) is 0 Å². The number of carbonyl (C=O) groups is 1. The summed E-state index contributed by atoms with van der Waals surface area (Å²) in [6.07, 6.45) is 1.84. The normalized spacial score (nSPS) is 17.2. The maximum atomic E-state index is 12.5. The molecule has 2 heterocycles. The fourth-order valence-electron chi connectivity index (χ4n) is 3.07. The number of hydrogen-bond acceptors (Lipinski definition) is 5. The lowest BCUT2D eigenvalue weighted by Gasteiger charge is -2.32. The van der Waals surface area contributed by atoms with E-state index in [2.05, 4.69) is 20.2 Å². The number of hydrogen-bond donors (Lipinski definition) is 1. The molecule has 2 aromatic rings. The summed E-state index contributed by atoms with van der Waals surface area (Å²) in [6.45, 7) is 3.97. The van der Waals surface area contributed by atoms with E-state index >= 15 is 0 Å². The van der Waals surface area contributed by atoms with E-state index in [-0.39, 0.29) is 11.8 Å². The predicted molar refractivity (Wildman–Crippen MR) is 96.5 cm³/mol. The molecule has 1 N–H and O–H groups in total. The first-order valence-corrected chi connectivity index (χ1v) is 8.62. The molecule has 6 nitrogen and oxygen atoms in total. The summed E-state index contributed by atoms with van der Waals surface area (Å²) in [4.78, 5) is 23.5. The molecule has 3 rings (SSSR count). The standard InChI is InChI=1S/C19H24N4O2/c1-14-11-17(25-2)22-19(21-14)23-10-6-9-16(13-23)18(24)20-12-15-7-4-3-5-8-15/h3-5,7-8,11,16H,6,9-10,12-13H2,1-2H3,(H,20,24)/t16-/m0/s1. The highest BCUT2D eigenvalue weighted by atomic mass is 16.5. The topological polar surface area (TPSA) is 67.3 Å². The van der Waals surface area contributed by atoms with Crippen molar-refractivity contribution in [2.24, 2.45) is 5.92 Å². The zero-order chi connectivity index (χ0) is 17.6. The van der Waals surface area contributed by atoms with Gasteiger partial charge in [-0.1, -0.05) is 30.3 Å². The summed E-state index contributed by atoms with van der Waals surface area (Å²) in [6, 6.07) is 11.8. The van der Waals surface area contributed by atoms with Crippen LogP contribution in [0.15, 0.2) is 36.4 Å². The van der Waals surface area contributed by atoms with Gasteiger partial charge in [-0.3, -0.25) is 4.79 Å². The molecule has 1 aliphatic heterocycles. The summed E-state index contributed by atoms with van der Waals surface area (Å²) in [5.41, 5.74) is 1.97. The number of methoxy groups -OCH3 is 1. The van der Waals surface area contributed by atoms with E-state index < -0.39 is 0 Å². The first kappa shape index (κ1) is 17.2. The SMILES string of the molecule is COc1cc(C)nc(N2CCC[C@H](C(=O)NCc3ccccc3)C2)n1. The molecule has 1 aliphatic rings. The zero-order valence-corrected chi connectivity index (χ0v) is 14.7. The molecule has 1 atom stereocenters. The Morgan fingerprint density at radius 2 is 2.12 bits per heavy atom. The number of aromatic nitrogens is 2. The Bertz CT molecular complexity index is 721. The second kappa shape index (κ2) is 7.96. The number of piperidine rings is 1. The van der Waals surface area contributed by atoms with E-state index in [9.17, 15) is 4.79 Å². The van der Waals surface area contributed by atoms with Gasteiger partial charge in [-0.15, -0.1) is 0 Å². The molecular weight excluding hydrogens is 316 g/mol. The average molecular weight is 340 g/mol. The second-order valence-electron chi connectivity index (χ2n) is 6.34. The Morgan fingerprint density at radius 1 is 1.32 bits per heavy atom. The van der Waals surface area contributed by atoms with Crippen LogP contribution in [0.5, 0.6) is 5.88 Å². The summed E-state index contributed by atoms with van der Waals surface area (Å²) in [7, 11) is 1.60. The van der Waals surface area contributed by atoms with Crippen molar-refractivity contribution < 1.29 is 9.53 Å². The minimum absolute atomic E-state index is 0.0485. The number of ether oxygens (including phenoxy) is 1. The quantitative estimate of drug-likeness (QED) is 0.905. The Kier molecular flexibility index (Phi) is 5.48. The molecule has 0 aliphatic carbocycles. The first-order chi connectivity index (χ1) is 12.2. The van der Waals surface area contributed by atoms with Crippen LogP contribution in [0.4, 0.5) is 5.95 Å². The minimum Gasteiger partial charge on any atom is -0.481 e. The maximum absolute atomic E-state index is 12.5. The molecule has 0 spiro atoms. The number of aryl methyl sites for hydroxylation is 1. The van der Waals surface area contributed by atoms with E-state index in [0.717, 1.165) is 30.6 Å². The molecular formula is C19H24N4O2. The maximum Gasteiger partial charge on any atom is 0.228 e. The summed E-state index contributed by atoms with van der Waals surface area (Å²) in [5, 5.41) is 3.04. The van der Waals surface area contributed by atoms with Crippen molar-refractivity contribution in [2.75, 3.05) is 25.1 Å². The smallest absolute Gasteiger partial charge is 0.228 e. The highest BCUT2D eigenvalue weighted by Gasteiger charge is 2.27. The third-order valence-electron chi connectivity index (χ3n) is 4.41. The number of carbonyl (C=O) groups excluding carboxylic acids is 1. The van der Waals surface area contributed by atoms with Gasteiger partial charge in [-0.2, -0.15) is 4.98 Å². The minimum atomic E-state index is -0.0485. The molecule has 1 saturated heterocycles. The van der Waals surface area contributed by atoms with Crippen LogP contribution in [0.1, 0.15) is 24.1 Å². The molecule has 0 bridgehead atoms. The van der Waals surface area contributed by atoms with Crippen molar-refractivity contribution >= 4 is 11.9 Å². The Labute approximate surface area is 148 Å². The highest BCUT2D eigenvalue weighted by Crippen LogP contribution is 2.22. The number of nitrogens with one attached hydrogen (secondary N) is 1. The van der Waals surface area contributed by atoms with Crippen molar-refractivity contribution in [3.05, 3.63) is 47.7 Å². The molecule has 1 aromatic heterocycles. The highest BCUT2D eigenvalue weighted by molar-refractivity contribution is 5.79. The lowest BCUT2D eigenvalue weighted by Crippen LogP contribution is -2.43. The van der Waals surface area contributed by atoms with Crippen LogP contribution >= 0.6 is 0 Å². The number of rotatable bonds is 5. The van der Waals surface area contributed by atoms with Gasteiger partial charge in [0.2, 0.25) is 17.7 Å². The fourth-order valence-corrected chi connectivity index (χ4v) is 3.07. The van der Waals surface area contributed by atoms with E-state index in [0.29, 0.717) is 24.9 Å². The van der Waals surface area contributed by atoms with Crippen LogP contribution in [0.25, 0.3) is 0 Å². The Hall–Kier alpha value is -2.63. The first-order valence-electron chi connectivity index (χ1n) is 8.62. The molecule has 0 radical (unpaired) electrons. The lowest BCUT2D eigenvalue weighted by atomic mass is 9.97. The van der Waals surface area contributed by atoms with E-state index in [1.54, 1.807) is 13.2 Å². The van der Waals surface area contributed by atoms with E-state index in [1.165, 1.54) is 0 Å². The molecule has 1 aromatic carbocycles. The van der Waals surface area contributed by atoms with E-state index in [1.807, 2.05) is 37.3 Å². The van der Waals surface area contributed by atoms with Crippen LogP contribution < -0.4 is 15.0 Å². The van der Waals surface area contributed by atoms with Crippen molar-refractivity contribution in [1.82, 2.24) is 15.3 Å². The third kappa shape index (κ3) is 4.47. The number of amides is 1. The molecule has 6 heteroatoms. The number of nitrogens with zero attached hydrogens (tertiary/aromatic N) is 3. The average Bonchev–Trinajstić information content (AvgIpc) is 2.66.